The van der Waals surface area contributed by atoms with Crippen LogP contribution in [0.4, 0.5) is 4.79 Å². The Bertz CT molecular complexity index is 331. The fraction of sp³-hybridized carbons (Fsp3) is 0.833. The quantitative estimate of drug-likeness (QED) is 0.793. The van der Waals surface area contributed by atoms with Crippen molar-refractivity contribution in [1.82, 2.24) is 10.2 Å². The van der Waals surface area contributed by atoms with E-state index in [1.807, 2.05) is 18.7 Å². The number of nitrogens with zero attached hydrogens (tertiary/aromatic N) is 1. The third kappa shape index (κ3) is 3.10. The van der Waals surface area contributed by atoms with Crippen molar-refractivity contribution in [3.63, 3.8) is 0 Å². The zero-order valence-corrected chi connectivity index (χ0v) is 11.4. The third-order valence-electron chi connectivity index (χ3n) is 3.70. The summed E-state index contributed by atoms with van der Waals surface area (Å²) in [6.45, 7) is 2.77. The Balaban J connectivity index is 1.84. The number of aliphatic carboxylic acids is 1. The summed E-state index contributed by atoms with van der Waals surface area (Å²) in [7, 11) is 0. The van der Waals surface area contributed by atoms with E-state index in [4.69, 9.17) is 5.11 Å². The highest BCUT2D eigenvalue weighted by atomic mass is 32.2. The van der Waals surface area contributed by atoms with E-state index in [1.165, 1.54) is 5.75 Å². The van der Waals surface area contributed by atoms with E-state index in [9.17, 15) is 9.59 Å². The van der Waals surface area contributed by atoms with Gasteiger partial charge in [-0.05, 0) is 24.5 Å². The van der Waals surface area contributed by atoms with Crippen LogP contribution >= 0.6 is 11.8 Å². The van der Waals surface area contributed by atoms with Gasteiger partial charge < -0.3 is 15.3 Å². The molecule has 2 aliphatic heterocycles. The van der Waals surface area contributed by atoms with Crippen molar-refractivity contribution in [2.24, 2.45) is 11.8 Å². The van der Waals surface area contributed by atoms with Crippen molar-refractivity contribution < 1.29 is 14.7 Å². The van der Waals surface area contributed by atoms with E-state index in [0.29, 0.717) is 13.1 Å². The summed E-state index contributed by atoms with van der Waals surface area (Å²) in [5.41, 5.74) is 0. The van der Waals surface area contributed by atoms with Crippen molar-refractivity contribution in [2.45, 2.75) is 25.8 Å². The second-order valence-electron chi connectivity index (χ2n) is 5.19. The van der Waals surface area contributed by atoms with Crippen LogP contribution in [-0.2, 0) is 4.79 Å². The van der Waals surface area contributed by atoms with Crippen LogP contribution in [0.15, 0.2) is 0 Å². The number of carbonyl (C=O) groups is 2. The van der Waals surface area contributed by atoms with Crippen molar-refractivity contribution in [3.8, 4) is 0 Å². The average Bonchev–Trinajstić information content (AvgIpc) is 2.73. The first kappa shape index (κ1) is 13.5. The fourth-order valence-corrected chi connectivity index (χ4v) is 3.65. The van der Waals surface area contributed by atoms with Crippen LogP contribution in [0.3, 0.4) is 0 Å². The maximum Gasteiger partial charge on any atom is 0.317 e. The van der Waals surface area contributed by atoms with Gasteiger partial charge in [-0.1, -0.05) is 6.92 Å². The van der Waals surface area contributed by atoms with Crippen LogP contribution in [0.25, 0.3) is 0 Å². The standard InChI is InChI=1S/C12H20N2O3S/c1-8-5-14(6-10(8)11(15)16)12(17)13-9-3-2-4-18-7-9/h8-10H,2-7H2,1H3,(H,13,17)(H,15,16)/t8-,9?,10-/m1/s1. The number of thioether (sulfide) groups is 1. The molecular formula is C12H20N2O3S. The van der Waals surface area contributed by atoms with Gasteiger partial charge in [0.05, 0.1) is 5.92 Å². The zero-order valence-electron chi connectivity index (χ0n) is 10.6. The van der Waals surface area contributed by atoms with Gasteiger partial charge >= 0.3 is 12.0 Å². The molecule has 18 heavy (non-hydrogen) atoms. The number of carboxylic acid groups (broad SMARTS) is 1. The maximum absolute atomic E-state index is 12.0. The lowest BCUT2D eigenvalue weighted by molar-refractivity contribution is -0.142. The highest BCUT2D eigenvalue weighted by Gasteiger charge is 2.37. The number of carboxylic acids is 1. The van der Waals surface area contributed by atoms with E-state index in [-0.39, 0.29) is 18.0 Å². The molecule has 0 bridgehead atoms. The number of nitrogens with one attached hydrogen (secondary N) is 1. The molecule has 2 fully saturated rings. The molecule has 102 valence electrons. The summed E-state index contributed by atoms with van der Waals surface area (Å²) in [5.74, 6) is 0.961. The van der Waals surface area contributed by atoms with Gasteiger partial charge in [-0.25, -0.2) is 4.79 Å². The Morgan fingerprint density at radius 1 is 1.39 bits per heavy atom. The summed E-state index contributed by atoms with van der Waals surface area (Å²) < 4.78 is 0. The van der Waals surface area contributed by atoms with E-state index in [2.05, 4.69) is 5.32 Å². The molecule has 0 saturated carbocycles. The topological polar surface area (TPSA) is 69.6 Å². The Morgan fingerprint density at radius 2 is 2.17 bits per heavy atom. The van der Waals surface area contributed by atoms with E-state index < -0.39 is 11.9 Å². The summed E-state index contributed by atoms with van der Waals surface area (Å²) in [5, 5.41) is 12.1. The monoisotopic (exact) mass is 272 g/mol. The molecule has 2 saturated heterocycles. The predicted octanol–water partition coefficient (Wildman–Crippen LogP) is 1.24. The van der Waals surface area contributed by atoms with Crippen LogP contribution in [-0.4, -0.2) is 52.6 Å². The van der Waals surface area contributed by atoms with Crippen LogP contribution in [0.5, 0.6) is 0 Å². The molecule has 5 nitrogen and oxygen atoms in total. The molecule has 2 N–H and O–H groups in total. The van der Waals surface area contributed by atoms with E-state index in [1.54, 1.807) is 4.90 Å². The Hall–Kier alpha value is -0.910. The summed E-state index contributed by atoms with van der Waals surface area (Å²) in [4.78, 5) is 24.7. The van der Waals surface area contributed by atoms with Gasteiger partial charge in [0.15, 0.2) is 0 Å². The zero-order chi connectivity index (χ0) is 13.1. The average molecular weight is 272 g/mol. The van der Waals surface area contributed by atoms with Crippen LogP contribution in [0.1, 0.15) is 19.8 Å². The molecule has 6 heteroatoms. The minimum atomic E-state index is -0.800. The first-order chi connectivity index (χ1) is 8.58. The molecular weight excluding hydrogens is 252 g/mol. The lowest BCUT2D eigenvalue weighted by Crippen LogP contribution is -2.46. The first-order valence-electron chi connectivity index (χ1n) is 6.44. The van der Waals surface area contributed by atoms with Crippen LogP contribution < -0.4 is 5.32 Å². The lowest BCUT2D eigenvalue weighted by Gasteiger charge is -2.25. The van der Waals surface area contributed by atoms with Crippen molar-refractivity contribution in [2.75, 3.05) is 24.6 Å². The molecule has 0 radical (unpaired) electrons. The summed E-state index contributed by atoms with van der Waals surface area (Å²) in [6, 6.07) is 0.147. The highest BCUT2D eigenvalue weighted by Crippen LogP contribution is 2.23. The van der Waals surface area contributed by atoms with Crippen molar-refractivity contribution in [3.05, 3.63) is 0 Å². The highest BCUT2D eigenvalue weighted by molar-refractivity contribution is 7.99. The molecule has 0 aromatic carbocycles. The largest absolute Gasteiger partial charge is 0.481 e. The fourth-order valence-electron chi connectivity index (χ4n) is 2.57. The molecule has 3 atom stereocenters. The number of likely N-dealkylation sites (tertiary alicyclic amines) is 1. The molecule has 2 amide bonds. The molecule has 0 aromatic heterocycles. The van der Waals surface area contributed by atoms with Gasteiger partial charge in [-0.15, -0.1) is 0 Å². The molecule has 0 spiro atoms. The van der Waals surface area contributed by atoms with Crippen LogP contribution in [0, 0.1) is 11.8 Å². The predicted molar refractivity (Wildman–Crippen MR) is 70.7 cm³/mol. The number of carbonyl (C=O) groups excluding carboxylic acids is 1. The Kier molecular flexibility index (Phi) is 4.37. The second kappa shape index (κ2) is 5.82. The number of hydrogen-bond donors (Lipinski definition) is 2. The Labute approximate surface area is 111 Å². The van der Waals surface area contributed by atoms with Crippen LogP contribution in [0.2, 0.25) is 0 Å². The molecule has 1 unspecified atom stereocenters. The molecule has 2 heterocycles. The van der Waals surface area contributed by atoms with Gasteiger partial charge in [-0.3, -0.25) is 4.79 Å². The summed E-state index contributed by atoms with van der Waals surface area (Å²) >= 11 is 1.87. The third-order valence-corrected chi connectivity index (χ3v) is 4.92. The summed E-state index contributed by atoms with van der Waals surface area (Å²) in [6.07, 6.45) is 2.17. The SMILES string of the molecule is C[C@@H]1CN(C(=O)NC2CCCSC2)C[C@H]1C(=O)O. The maximum atomic E-state index is 12.0. The minimum Gasteiger partial charge on any atom is -0.481 e. The number of hydrogen-bond acceptors (Lipinski definition) is 3. The van der Waals surface area contributed by atoms with E-state index >= 15 is 0 Å². The van der Waals surface area contributed by atoms with Gasteiger partial charge in [0, 0.05) is 24.9 Å². The van der Waals surface area contributed by atoms with Gasteiger partial charge in [-0.2, -0.15) is 11.8 Å². The van der Waals surface area contributed by atoms with Crippen molar-refractivity contribution in [1.29, 1.82) is 0 Å². The van der Waals surface area contributed by atoms with Gasteiger partial charge in [0.2, 0.25) is 0 Å². The molecule has 2 aliphatic rings. The molecule has 0 aliphatic carbocycles. The number of rotatable bonds is 2. The van der Waals surface area contributed by atoms with Crippen molar-refractivity contribution >= 4 is 23.8 Å². The Morgan fingerprint density at radius 3 is 2.72 bits per heavy atom. The second-order valence-corrected chi connectivity index (χ2v) is 6.34. The molecule has 0 aromatic rings. The molecule has 2 rings (SSSR count). The smallest absolute Gasteiger partial charge is 0.317 e. The lowest BCUT2D eigenvalue weighted by atomic mass is 9.99. The minimum absolute atomic E-state index is 0.0361. The normalized spacial score (nSPS) is 32.3. The first-order valence-corrected chi connectivity index (χ1v) is 7.59. The van der Waals surface area contributed by atoms with Gasteiger partial charge in [0.1, 0.15) is 0 Å². The van der Waals surface area contributed by atoms with E-state index in [0.717, 1.165) is 18.6 Å². The van der Waals surface area contributed by atoms with Gasteiger partial charge in [0.25, 0.3) is 0 Å². The number of urea groups is 1. The number of amides is 2.